The highest BCUT2D eigenvalue weighted by atomic mass is 16.3. The summed E-state index contributed by atoms with van der Waals surface area (Å²) in [6.45, 7) is 2.05. The van der Waals surface area contributed by atoms with Crippen molar-refractivity contribution in [3.63, 3.8) is 0 Å². The zero-order valence-corrected chi connectivity index (χ0v) is 16.0. The fourth-order valence-electron chi connectivity index (χ4n) is 4.55. The van der Waals surface area contributed by atoms with Crippen molar-refractivity contribution in [1.82, 2.24) is 9.80 Å². The number of benzene rings is 2. The summed E-state index contributed by atoms with van der Waals surface area (Å²) in [6.07, 6.45) is 2.59. The summed E-state index contributed by atoms with van der Waals surface area (Å²) in [5, 5.41) is 9.84. The molecular formula is C23H28N2O2. The Kier molecular flexibility index (Phi) is 5.02. The zero-order valence-electron chi connectivity index (χ0n) is 16.0. The molecule has 1 saturated heterocycles. The molecule has 0 aromatic heterocycles. The van der Waals surface area contributed by atoms with Gasteiger partial charge in [-0.3, -0.25) is 9.69 Å². The molecule has 27 heavy (non-hydrogen) atoms. The maximum atomic E-state index is 13.7. The second kappa shape index (κ2) is 7.45. The van der Waals surface area contributed by atoms with E-state index in [1.807, 2.05) is 23.1 Å². The normalized spacial score (nSPS) is 19.3. The maximum Gasteiger partial charge on any atom is 0.243 e. The van der Waals surface area contributed by atoms with E-state index in [9.17, 15) is 9.90 Å². The summed E-state index contributed by atoms with van der Waals surface area (Å²) in [7, 11) is 2.08. The van der Waals surface area contributed by atoms with Crippen LogP contribution in [-0.4, -0.2) is 52.6 Å². The third-order valence-corrected chi connectivity index (χ3v) is 6.23. The number of carbonyl (C=O) groups is 1. The molecule has 1 aliphatic heterocycles. The molecule has 2 aliphatic rings. The molecule has 0 unspecified atom stereocenters. The van der Waals surface area contributed by atoms with Crippen LogP contribution in [0.15, 0.2) is 54.6 Å². The van der Waals surface area contributed by atoms with Gasteiger partial charge in [-0.05, 0) is 36.6 Å². The number of carbonyl (C=O) groups excluding carboxylic acids is 1. The van der Waals surface area contributed by atoms with Crippen LogP contribution in [0.5, 0.6) is 0 Å². The van der Waals surface area contributed by atoms with E-state index in [2.05, 4.69) is 48.3 Å². The van der Waals surface area contributed by atoms with E-state index in [1.54, 1.807) is 0 Å². The van der Waals surface area contributed by atoms with Crippen molar-refractivity contribution in [3.8, 4) is 0 Å². The molecule has 0 saturated carbocycles. The van der Waals surface area contributed by atoms with Crippen molar-refractivity contribution < 1.29 is 9.90 Å². The molecule has 1 aliphatic carbocycles. The molecule has 4 nitrogen and oxygen atoms in total. The Bertz CT molecular complexity index is 772. The molecule has 1 fully saturated rings. The average molecular weight is 364 g/mol. The Labute approximate surface area is 161 Å². The molecule has 0 spiro atoms. The second-order valence-corrected chi connectivity index (χ2v) is 8.02. The summed E-state index contributed by atoms with van der Waals surface area (Å²) in [5.74, 6) is 0.212. The molecule has 2 aromatic rings. The van der Waals surface area contributed by atoms with Crippen LogP contribution in [0.3, 0.4) is 0 Å². The summed E-state index contributed by atoms with van der Waals surface area (Å²) in [5.41, 5.74) is 3.24. The van der Waals surface area contributed by atoms with Gasteiger partial charge in [-0.25, -0.2) is 0 Å². The summed E-state index contributed by atoms with van der Waals surface area (Å²) in [4.78, 5) is 17.9. The monoisotopic (exact) mass is 364 g/mol. The van der Waals surface area contributed by atoms with Crippen LogP contribution >= 0.6 is 0 Å². The van der Waals surface area contributed by atoms with E-state index in [0.717, 1.165) is 19.4 Å². The van der Waals surface area contributed by atoms with Gasteiger partial charge < -0.3 is 10.0 Å². The summed E-state index contributed by atoms with van der Waals surface area (Å²) < 4.78 is 0. The second-order valence-electron chi connectivity index (χ2n) is 8.02. The zero-order chi connectivity index (χ0) is 18.9. The summed E-state index contributed by atoms with van der Waals surface area (Å²) in [6, 6.07) is 18.8. The number of hydrogen-bond acceptors (Lipinski definition) is 3. The molecule has 4 rings (SSSR count). The van der Waals surface area contributed by atoms with E-state index in [0.29, 0.717) is 25.9 Å². The number of likely N-dealkylation sites (tertiary alicyclic amines) is 1. The highest BCUT2D eigenvalue weighted by molar-refractivity contribution is 5.88. The summed E-state index contributed by atoms with van der Waals surface area (Å²) >= 11 is 0. The number of amides is 1. The number of aliphatic hydroxyl groups excluding tert-OH is 1. The Morgan fingerprint density at radius 3 is 2.19 bits per heavy atom. The number of likely N-dealkylation sites (N-methyl/N-ethyl adjacent to an activating group) is 1. The number of aliphatic hydroxyl groups is 1. The molecular weight excluding hydrogens is 336 g/mol. The molecule has 1 heterocycles. The highest BCUT2D eigenvalue weighted by Gasteiger charge is 2.49. The van der Waals surface area contributed by atoms with Crippen molar-refractivity contribution >= 4 is 5.91 Å². The lowest BCUT2D eigenvalue weighted by atomic mass is 9.90. The fraction of sp³-hybridized carbons (Fsp3) is 0.435. The number of nitrogens with zero attached hydrogens (tertiary/aromatic N) is 2. The van der Waals surface area contributed by atoms with E-state index < -0.39 is 5.54 Å². The molecule has 4 heteroatoms. The largest absolute Gasteiger partial charge is 0.393 e. The van der Waals surface area contributed by atoms with Gasteiger partial charge in [-0.2, -0.15) is 0 Å². The number of hydrogen-bond donors (Lipinski definition) is 1. The lowest BCUT2D eigenvalue weighted by Gasteiger charge is -2.42. The first-order chi connectivity index (χ1) is 13.1. The number of rotatable bonds is 4. The standard InChI is InChI=1S/C23H28N2O2/c1-24(17-18-7-3-2-4-8-18)23(15-19-9-5-6-10-20(19)16-23)22(27)25-13-11-21(26)12-14-25/h2-10,21,26H,11-17H2,1H3. The van der Waals surface area contributed by atoms with Gasteiger partial charge in [0.15, 0.2) is 0 Å². The Morgan fingerprint density at radius 1 is 1.04 bits per heavy atom. The molecule has 1 amide bonds. The van der Waals surface area contributed by atoms with Crippen LogP contribution in [0.4, 0.5) is 0 Å². The minimum atomic E-state index is -0.540. The molecule has 1 N–H and O–H groups in total. The predicted octanol–water partition coefficient (Wildman–Crippen LogP) is 2.64. The minimum Gasteiger partial charge on any atom is -0.393 e. The smallest absolute Gasteiger partial charge is 0.243 e. The topological polar surface area (TPSA) is 43.8 Å². The Morgan fingerprint density at radius 2 is 1.59 bits per heavy atom. The van der Waals surface area contributed by atoms with Gasteiger partial charge in [0.2, 0.25) is 5.91 Å². The van der Waals surface area contributed by atoms with Crippen LogP contribution in [0.25, 0.3) is 0 Å². The van der Waals surface area contributed by atoms with Crippen LogP contribution in [0, 0.1) is 0 Å². The van der Waals surface area contributed by atoms with Gasteiger partial charge in [0, 0.05) is 32.5 Å². The van der Waals surface area contributed by atoms with E-state index >= 15 is 0 Å². The van der Waals surface area contributed by atoms with E-state index in [1.165, 1.54) is 16.7 Å². The molecule has 0 bridgehead atoms. The highest BCUT2D eigenvalue weighted by Crippen LogP contribution is 2.37. The van der Waals surface area contributed by atoms with Crippen LogP contribution in [0.1, 0.15) is 29.5 Å². The van der Waals surface area contributed by atoms with Crippen LogP contribution in [-0.2, 0) is 24.2 Å². The van der Waals surface area contributed by atoms with Crippen LogP contribution < -0.4 is 0 Å². The SMILES string of the molecule is CN(Cc1ccccc1)C1(C(=O)N2CCC(O)CC2)Cc2ccccc2C1. The lowest BCUT2D eigenvalue weighted by molar-refractivity contribution is -0.146. The van der Waals surface area contributed by atoms with Crippen molar-refractivity contribution in [2.24, 2.45) is 0 Å². The first-order valence-corrected chi connectivity index (χ1v) is 9.88. The molecule has 2 aromatic carbocycles. The average Bonchev–Trinajstić information content (AvgIpc) is 3.10. The van der Waals surface area contributed by atoms with Crippen molar-refractivity contribution in [1.29, 1.82) is 0 Å². The minimum absolute atomic E-state index is 0.212. The predicted molar refractivity (Wildman–Crippen MR) is 106 cm³/mol. The maximum absolute atomic E-state index is 13.7. The third kappa shape index (κ3) is 3.52. The van der Waals surface area contributed by atoms with Crippen molar-refractivity contribution in [2.75, 3.05) is 20.1 Å². The van der Waals surface area contributed by atoms with Gasteiger partial charge in [-0.1, -0.05) is 54.6 Å². The Hall–Kier alpha value is -2.17. The molecule has 142 valence electrons. The molecule has 0 atom stereocenters. The van der Waals surface area contributed by atoms with Crippen molar-refractivity contribution in [2.45, 2.75) is 43.9 Å². The number of piperidine rings is 1. The third-order valence-electron chi connectivity index (χ3n) is 6.23. The number of fused-ring (bicyclic) bond motifs is 1. The van der Waals surface area contributed by atoms with Gasteiger partial charge >= 0.3 is 0 Å². The van der Waals surface area contributed by atoms with Gasteiger partial charge in [0.1, 0.15) is 5.54 Å². The van der Waals surface area contributed by atoms with E-state index in [-0.39, 0.29) is 12.0 Å². The molecule has 0 radical (unpaired) electrons. The first-order valence-electron chi connectivity index (χ1n) is 9.88. The first kappa shape index (κ1) is 18.2. The van der Waals surface area contributed by atoms with Crippen molar-refractivity contribution in [3.05, 3.63) is 71.3 Å². The van der Waals surface area contributed by atoms with Gasteiger partial charge in [0.05, 0.1) is 6.10 Å². The van der Waals surface area contributed by atoms with Crippen LogP contribution in [0.2, 0.25) is 0 Å². The van der Waals surface area contributed by atoms with Gasteiger partial charge in [0.25, 0.3) is 0 Å². The van der Waals surface area contributed by atoms with E-state index in [4.69, 9.17) is 0 Å². The van der Waals surface area contributed by atoms with Gasteiger partial charge in [-0.15, -0.1) is 0 Å². The quantitative estimate of drug-likeness (QED) is 0.907. The lowest BCUT2D eigenvalue weighted by Crippen LogP contribution is -2.60. The Balaban J connectivity index is 1.63. The fourth-order valence-corrected chi connectivity index (χ4v) is 4.55.